The van der Waals surface area contributed by atoms with Crippen molar-refractivity contribution in [1.82, 2.24) is 4.98 Å². The van der Waals surface area contributed by atoms with Gasteiger partial charge in [-0.15, -0.1) is 11.3 Å². The summed E-state index contributed by atoms with van der Waals surface area (Å²) in [5.74, 6) is 0. The molecule has 4 aromatic rings. The molecule has 2 nitrogen and oxygen atoms in total. The van der Waals surface area contributed by atoms with Gasteiger partial charge in [0.2, 0.25) is 0 Å². The summed E-state index contributed by atoms with van der Waals surface area (Å²) in [6.07, 6.45) is 5.64. The van der Waals surface area contributed by atoms with Crippen molar-refractivity contribution >= 4 is 27.2 Å². The molecule has 2 N–H and O–H groups in total. The molecule has 0 bridgehead atoms. The Kier molecular flexibility index (Phi) is 4.17. The molecular formula is C24H22N2S. The maximum Gasteiger partial charge on any atom is 0.126 e. The standard InChI is InChI=1S/C24H22N2S/c25-23-21(17-11-5-2-6-12-17)19(15-16-9-3-1-4-10-16)26-24-22(23)18-13-7-8-14-20(18)27-24/h1-6,9-12H,7-8,13-15H2,(H2,25,26). The van der Waals surface area contributed by atoms with Crippen LogP contribution >= 0.6 is 11.3 Å². The first-order chi connectivity index (χ1) is 13.3. The van der Waals surface area contributed by atoms with Crippen molar-refractivity contribution in [2.24, 2.45) is 0 Å². The van der Waals surface area contributed by atoms with Crippen LogP contribution in [0.4, 0.5) is 5.69 Å². The van der Waals surface area contributed by atoms with Crippen LogP contribution in [0.1, 0.15) is 34.5 Å². The minimum atomic E-state index is 0.799. The van der Waals surface area contributed by atoms with Crippen LogP contribution in [0.15, 0.2) is 60.7 Å². The van der Waals surface area contributed by atoms with Gasteiger partial charge in [-0.3, -0.25) is 0 Å². The van der Waals surface area contributed by atoms with E-state index in [-0.39, 0.29) is 0 Å². The first-order valence-corrected chi connectivity index (χ1v) is 10.4. The summed E-state index contributed by atoms with van der Waals surface area (Å²) in [7, 11) is 0. The second-order valence-electron chi connectivity index (χ2n) is 7.27. The Morgan fingerprint density at radius 1 is 0.889 bits per heavy atom. The van der Waals surface area contributed by atoms with Gasteiger partial charge in [-0.05, 0) is 42.4 Å². The van der Waals surface area contributed by atoms with Crippen LogP contribution in [0.5, 0.6) is 0 Å². The van der Waals surface area contributed by atoms with E-state index >= 15 is 0 Å². The number of aryl methyl sites for hydroxylation is 2. The van der Waals surface area contributed by atoms with Crippen LogP contribution in [-0.4, -0.2) is 4.98 Å². The van der Waals surface area contributed by atoms with E-state index < -0.39 is 0 Å². The summed E-state index contributed by atoms with van der Waals surface area (Å²) in [5, 5.41) is 1.21. The molecule has 27 heavy (non-hydrogen) atoms. The Morgan fingerprint density at radius 2 is 1.59 bits per heavy atom. The molecule has 2 heterocycles. The lowest BCUT2D eigenvalue weighted by molar-refractivity contribution is 0.700. The lowest BCUT2D eigenvalue weighted by Gasteiger charge is -2.16. The number of benzene rings is 2. The normalized spacial score (nSPS) is 13.6. The van der Waals surface area contributed by atoms with Crippen molar-refractivity contribution in [3.8, 4) is 11.1 Å². The largest absolute Gasteiger partial charge is 0.398 e. The van der Waals surface area contributed by atoms with Crippen molar-refractivity contribution in [3.05, 3.63) is 82.4 Å². The fourth-order valence-corrected chi connectivity index (χ4v) is 5.51. The van der Waals surface area contributed by atoms with E-state index in [1.54, 1.807) is 0 Å². The molecule has 0 unspecified atom stereocenters. The van der Waals surface area contributed by atoms with Crippen molar-refractivity contribution in [2.45, 2.75) is 32.1 Å². The third kappa shape index (κ3) is 2.92. The van der Waals surface area contributed by atoms with Crippen molar-refractivity contribution < 1.29 is 0 Å². The van der Waals surface area contributed by atoms with Crippen molar-refractivity contribution in [3.63, 3.8) is 0 Å². The molecule has 0 aliphatic heterocycles. The average Bonchev–Trinajstić information content (AvgIpc) is 3.08. The number of thiophene rings is 1. The molecule has 0 saturated carbocycles. The Bertz CT molecular complexity index is 1100. The number of anilines is 1. The molecule has 2 aromatic carbocycles. The van der Waals surface area contributed by atoms with Crippen LogP contribution < -0.4 is 5.73 Å². The summed E-state index contributed by atoms with van der Waals surface area (Å²) >= 11 is 1.85. The molecule has 0 spiro atoms. The highest BCUT2D eigenvalue weighted by Crippen LogP contribution is 2.43. The summed E-state index contributed by atoms with van der Waals surface area (Å²) in [6, 6.07) is 21.1. The van der Waals surface area contributed by atoms with Gasteiger partial charge >= 0.3 is 0 Å². The zero-order valence-electron chi connectivity index (χ0n) is 15.2. The van der Waals surface area contributed by atoms with Gasteiger partial charge in [0, 0.05) is 22.2 Å². The molecule has 0 radical (unpaired) electrons. The number of fused-ring (bicyclic) bond motifs is 3. The zero-order valence-corrected chi connectivity index (χ0v) is 16.1. The van der Waals surface area contributed by atoms with E-state index in [0.717, 1.165) is 40.2 Å². The Hall–Kier alpha value is -2.65. The van der Waals surface area contributed by atoms with Crippen molar-refractivity contribution in [2.75, 3.05) is 5.73 Å². The minimum Gasteiger partial charge on any atom is -0.398 e. The van der Waals surface area contributed by atoms with E-state index in [1.165, 1.54) is 40.7 Å². The number of nitrogen functional groups attached to an aromatic ring is 1. The maximum absolute atomic E-state index is 6.84. The third-order valence-corrected chi connectivity index (χ3v) is 6.68. The van der Waals surface area contributed by atoms with Gasteiger partial charge in [-0.25, -0.2) is 4.98 Å². The van der Waals surface area contributed by atoms with E-state index in [1.807, 2.05) is 11.3 Å². The fourth-order valence-electron chi connectivity index (χ4n) is 4.21. The van der Waals surface area contributed by atoms with Crippen LogP contribution in [0.3, 0.4) is 0 Å². The van der Waals surface area contributed by atoms with Gasteiger partial charge in [-0.1, -0.05) is 60.7 Å². The molecule has 3 heteroatoms. The lowest BCUT2D eigenvalue weighted by Crippen LogP contribution is -2.04. The number of hydrogen-bond donors (Lipinski definition) is 1. The molecule has 134 valence electrons. The monoisotopic (exact) mass is 370 g/mol. The molecule has 1 aliphatic carbocycles. The topological polar surface area (TPSA) is 38.9 Å². The van der Waals surface area contributed by atoms with Crippen molar-refractivity contribution in [1.29, 1.82) is 0 Å². The Balaban J connectivity index is 1.77. The van der Waals surface area contributed by atoms with Gasteiger partial charge in [-0.2, -0.15) is 0 Å². The second kappa shape index (κ2) is 6.82. The number of nitrogens with zero attached hydrogens (tertiary/aromatic N) is 1. The second-order valence-corrected chi connectivity index (χ2v) is 8.35. The van der Waals surface area contributed by atoms with Crippen LogP contribution in [-0.2, 0) is 19.3 Å². The van der Waals surface area contributed by atoms with Gasteiger partial charge < -0.3 is 5.73 Å². The number of aromatic nitrogens is 1. The van der Waals surface area contributed by atoms with Gasteiger partial charge in [0.25, 0.3) is 0 Å². The summed E-state index contributed by atoms with van der Waals surface area (Å²) < 4.78 is 0. The predicted molar refractivity (Wildman–Crippen MR) is 115 cm³/mol. The molecule has 5 rings (SSSR count). The summed E-state index contributed by atoms with van der Waals surface area (Å²) in [6.45, 7) is 0. The molecule has 1 aliphatic rings. The fraction of sp³-hybridized carbons (Fsp3) is 0.208. The average molecular weight is 371 g/mol. The van der Waals surface area contributed by atoms with Gasteiger partial charge in [0.1, 0.15) is 4.83 Å². The Morgan fingerprint density at radius 3 is 2.37 bits per heavy atom. The first-order valence-electron chi connectivity index (χ1n) is 9.63. The van der Waals surface area contributed by atoms with E-state index in [0.29, 0.717) is 0 Å². The van der Waals surface area contributed by atoms with Crippen LogP contribution in [0.2, 0.25) is 0 Å². The highest BCUT2D eigenvalue weighted by atomic mass is 32.1. The quantitative estimate of drug-likeness (QED) is 0.479. The minimum absolute atomic E-state index is 0.799. The maximum atomic E-state index is 6.84. The molecule has 0 fully saturated rings. The molecule has 0 atom stereocenters. The number of hydrogen-bond acceptors (Lipinski definition) is 3. The third-order valence-electron chi connectivity index (χ3n) is 5.49. The van der Waals surface area contributed by atoms with E-state index in [4.69, 9.17) is 10.7 Å². The SMILES string of the molecule is Nc1c(-c2ccccc2)c(Cc2ccccc2)nc2sc3c(c12)CCCC3. The summed E-state index contributed by atoms with van der Waals surface area (Å²) in [5.41, 5.74) is 13.8. The van der Waals surface area contributed by atoms with Gasteiger partial charge in [0.15, 0.2) is 0 Å². The zero-order chi connectivity index (χ0) is 18.2. The Labute approximate surface area is 163 Å². The van der Waals surface area contributed by atoms with E-state index in [9.17, 15) is 0 Å². The predicted octanol–water partition coefficient (Wildman–Crippen LogP) is 6.02. The first kappa shape index (κ1) is 16.5. The van der Waals surface area contributed by atoms with E-state index in [2.05, 4.69) is 60.7 Å². The number of rotatable bonds is 3. The lowest BCUT2D eigenvalue weighted by atomic mass is 9.92. The molecular weight excluding hydrogens is 348 g/mol. The highest BCUT2D eigenvalue weighted by Gasteiger charge is 2.23. The van der Waals surface area contributed by atoms with Crippen LogP contribution in [0.25, 0.3) is 21.3 Å². The molecule has 0 saturated heterocycles. The molecule has 0 amide bonds. The number of nitrogens with two attached hydrogens (primary N) is 1. The molecule has 2 aromatic heterocycles. The summed E-state index contributed by atoms with van der Waals surface area (Å²) in [4.78, 5) is 7.76. The highest BCUT2D eigenvalue weighted by molar-refractivity contribution is 7.19. The van der Waals surface area contributed by atoms with Gasteiger partial charge in [0.05, 0.1) is 11.4 Å². The van der Waals surface area contributed by atoms with Crippen LogP contribution in [0, 0.1) is 0 Å². The smallest absolute Gasteiger partial charge is 0.126 e. The number of pyridine rings is 1.